The first-order chi connectivity index (χ1) is 8.13. The van der Waals surface area contributed by atoms with Crippen molar-refractivity contribution in [2.45, 2.75) is 13.5 Å². The Morgan fingerprint density at radius 3 is 2.82 bits per heavy atom. The molecule has 0 radical (unpaired) electrons. The van der Waals surface area contributed by atoms with E-state index in [4.69, 9.17) is 16.3 Å². The van der Waals surface area contributed by atoms with Crippen LogP contribution in [0.15, 0.2) is 30.3 Å². The van der Waals surface area contributed by atoms with Gasteiger partial charge in [0.15, 0.2) is 5.82 Å². The van der Waals surface area contributed by atoms with Crippen LogP contribution in [0.4, 0.5) is 4.39 Å². The highest BCUT2D eigenvalue weighted by atomic mass is 35.5. The van der Waals surface area contributed by atoms with E-state index in [2.05, 4.69) is 9.97 Å². The molecule has 5 heteroatoms. The van der Waals surface area contributed by atoms with Crippen molar-refractivity contribution in [2.75, 3.05) is 0 Å². The third-order valence-electron chi connectivity index (χ3n) is 2.03. The Hall–Kier alpha value is -1.68. The van der Waals surface area contributed by atoms with E-state index >= 15 is 0 Å². The fourth-order valence-electron chi connectivity index (χ4n) is 1.36. The Kier molecular flexibility index (Phi) is 3.54. The van der Waals surface area contributed by atoms with E-state index in [-0.39, 0.29) is 12.4 Å². The molecular weight excluding hydrogens is 243 g/mol. The van der Waals surface area contributed by atoms with Gasteiger partial charge in [0.1, 0.15) is 23.3 Å². The molecule has 0 N–H and O–H groups in total. The number of aromatic nitrogens is 2. The summed E-state index contributed by atoms with van der Waals surface area (Å²) < 4.78 is 18.2. The van der Waals surface area contributed by atoms with Gasteiger partial charge in [-0.15, -0.1) is 0 Å². The summed E-state index contributed by atoms with van der Waals surface area (Å²) in [5.74, 6) is 0.566. The van der Waals surface area contributed by atoms with Gasteiger partial charge in [-0.2, -0.15) is 0 Å². The fraction of sp³-hybridized carbons (Fsp3) is 0.167. The van der Waals surface area contributed by atoms with Crippen LogP contribution in [0, 0.1) is 12.7 Å². The van der Waals surface area contributed by atoms with Crippen LogP contribution in [-0.2, 0) is 6.61 Å². The Balaban J connectivity index is 2.07. The quantitative estimate of drug-likeness (QED) is 0.787. The second-order valence-electron chi connectivity index (χ2n) is 3.49. The molecule has 1 aromatic carbocycles. The number of nitrogens with zero attached hydrogens (tertiary/aromatic N) is 2. The number of rotatable bonds is 3. The summed E-state index contributed by atoms with van der Waals surface area (Å²) in [5.41, 5.74) is 0.767. The lowest BCUT2D eigenvalue weighted by atomic mass is 10.3. The van der Waals surface area contributed by atoms with Gasteiger partial charge in [-0.25, -0.2) is 14.4 Å². The van der Waals surface area contributed by atoms with Gasteiger partial charge in [0, 0.05) is 11.8 Å². The lowest BCUT2D eigenvalue weighted by molar-refractivity contribution is 0.294. The minimum absolute atomic E-state index is 0.158. The second-order valence-corrected chi connectivity index (χ2v) is 3.88. The largest absolute Gasteiger partial charge is 0.486 e. The Morgan fingerprint density at radius 2 is 2.12 bits per heavy atom. The number of ether oxygens (including phenoxy) is 1. The molecule has 0 unspecified atom stereocenters. The normalized spacial score (nSPS) is 10.3. The van der Waals surface area contributed by atoms with Crippen LogP contribution in [0.25, 0.3) is 0 Å². The zero-order valence-corrected chi connectivity index (χ0v) is 9.91. The molecule has 3 nitrogen and oxygen atoms in total. The first kappa shape index (κ1) is 11.8. The van der Waals surface area contributed by atoms with Gasteiger partial charge in [-0.1, -0.05) is 17.7 Å². The summed E-state index contributed by atoms with van der Waals surface area (Å²) in [6.45, 7) is 1.98. The van der Waals surface area contributed by atoms with Crippen LogP contribution < -0.4 is 4.74 Å². The van der Waals surface area contributed by atoms with Crippen LogP contribution in [0.3, 0.4) is 0 Å². The predicted molar refractivity (Wildman–Crippen MR) is 62.5 cm³/mol. The average Bonchev–Trinajstić information content (AvgIpc) is 2.25. The van der Waals surface area contributed by atoms with E-state index in [0.29, 0.717) is 16.7 Å². The first-order valence-corrected chi connectivity index (χ1v) is 5.40. The highest BCUT2D eigenvalue weighted by Gasteiger charge is 2.02. The Morgan fingerprint density at radius 1 is 1.29 bits per heavy atom. The van der Waals surface area contributed by atoms with Crippen LogP contribution >= 0.6 is 11.6 Å². The number of benzene rings is 1. The van der Waals surface area contributed by atoms with Crippen molar-refractivity contribution < 1.29 is 9.13 Å². The minimum atomic E-state index is -0.342. The van der Waals surface area contributed by atoms with E-state index in [9.17, 15) is 4.39 Å². The van der Waals surface area contributed by atoms with Crippen molar-refractivity contribution in [1.29, 1.82) is 0 Å². The molecule has 0 spiro atoms. The molecule has 2 rings (SSSR count). The van der Waals surface area contributed by atoms with E-state index in [1.54, 1.807) is 18.2 Å². The molecule has 1 aromatic heterocycles. The lowest BCUT2D eigenvalue weighted by Crippen LogP contribution is -2.02. The third-order valence-corrected chi connectivity index (χ3v) is 2.23. The first-order valence-electron chi connectivity index (χ1n) is 5.02. The molecule has 0 aliphatic rings. The zero-order chi connectivity index (χ0) is 12.3. The summed E-state index contributed by atoms with van der Waals surface area (Å²) >= 11 is 5.79. The van der Waals surface area contributed by atoms with Crippen molar-refractivity contribution in [2.24, 2.45) is 0 Å². The van der Waals surface area contributed by atoms with Gasteiger partial charge in [0.2, 0.25) is 0 Å². The van der Waals surface area contributed by atoms with Gasteiger partial charge in [-0.3, -0.25) is 0 Å². The molecule has 0 saturated heterocycles. The van der Waals surface area contributed by atoms with Crippen molar-refractivity contribution >= 4 is 11.6 Å². The molecule has 0 bridgehead atoms. The second kappa shape index (κ2) is 5.10. The Labute approximate surface area is 103 Å². The van der Waals surface area contributed by atoms with Gasteiger partial charge >= 0.3 is 0 Å². The van der Waals surface area contributed by atoms with Crippen LogP contribution in [0.5, 0.6) is 5.75 Å². The summed E-state index contributed by atoms with van der Waals surface area (Å²) in [4.78, 5) is 8.16. The fourth-order valence-corrected chi connectivity index (χ4v) is 1.61. The molecule has 0 aliphatic carbocycles. The SMILES string of the molecule is Cc1cc(Cl)nc(COc2cccc(F)c2)n1. The van der Waals surface area contributed by atoms with E-state index in [0.717, 1.165) is 5.69 Å². The third kappa shape index (κ3) is 3.39. The van der Waals surface area contributed by atoms with Gasteiger partial charge < -0.3 is 4.74 Å². The summed E-state index contributed by atoms with van der Waals surface area (Å²) in [5, 5.41) is 0.371. The number of hydrogen-bond donors (Lipinski definition) is 0. The van der Waals surface area contributed by atoms with Gasteiger partial charge in [0.25, 0.3) is 0 Å². The summed E-state index contributed by atoms with van der Waals surface area (Å²) in [7, 11) is 0. The monoisotopic (exact) mass is 252 g/mol. The molecule has 17 heavy (non-hydrogen) atoms. The van der Waals surface area contributed by atoms with E-state index in [1.807, 2.05) is 6.92 Å². The van der Waals surface area contributed by atoms with Crippen molar-refractivity contribution in [1.82, 2.24) is 9.97 Å². The summed E-state index contributed by atoms with van der Waals surface area (Å²) in [6, 6.07) is 7.56. The molecule has 88 valence electrons. The topological polar surface area (TPSA) is 35.0 Å². The minimum Gasteiger partial charge on any atom is -0.486 e. The van der Waals surface area contributed by atoms with Crippen molar-refractivity contribution in [3.8, 4) is 5.75 Å². The lowest BCUT2D eigenvalue weighted by Gasteiger charge is -2.05. The standard InChI is InChI=1S/C12H10ClFN2O/c1-8-5-11(13)16-12(15-8)7-17-10-4-2-3-9(14)6-10/h2-6H,7H2,1H3. The molecule has 0 aliphatic heterocycles. The predicted octanol–water partition coefficient (Wildman–Crippen LogP) is 3.16. The van der Waals surface area contributed by atoms with Gasteiger partial charge in [0.05, 0.1) is 0 Å². The molecule has 1 heterocycles. The van der Waals surface area contributed by atoms with Crippen LogP contribution in [0.2, 0.25) is 5.15 Å². The molecular formula is C12H10ClFN2O. The zero-order valence-electron chi connectivity index (χ0n) is 9.15. The van der Waals surface area contributed by atoms with E-state index in [1.165, 1.54) is 12.1 Å². The maximum Gasteiger partial charge on any atom is 0.167 e. The van der Waals surface area contributed by atoms with Crippen LogP contribution in [0.1, 0.15) is 11.5 Å². The molecule has 0 atom stereocenters. The maximum absolute atomic E-state index is 12.9. The van der Waals surface area contributed by atoms with Crippen molar-refractivity contribution in [3.05, 3.63) is 52.8 Å². The highest BCUT2D eigenvalue weighted by Crippen LogP contribution is 2.14. The number of hydrogen-bond acceptors (Lipinski definition) is 3. The molecule has 0 amide bonds. The highest BCUT2D eigenvalue weighted by molar-refractivity contribution is 6.29. The number of aryl methyl sites for hydroxylation is 1. The molecule has 0 fully saturated rings. The van der Waals surface area contributed by atoms with Crippen LogP contribution in [-0.4, -0.2) is 9.97 Å². The maximum atomic E-state index is 12.9. The molecule has 2 aromatic rings. The summed E-state index contributed by atoms with van der Waals surface area (Å²) in [6.07, 6.45) is 0. The Bertz CT molecular complexity index is 513. The van der Waals surface area contributed by atoms with Gasteiger partial charge in [-0.05, 0) is 25.1 Å². The average molecular weight is 253 g/mol. The number of halogens is 2. The molecule has 0 saturated carbocycles. The van der Waals surface area contributed by atoms with Crippen molar-refractivity contribution in [3.63, 3.8) is 0 Å². The smallest absolute Gasteiger partial charge is 0.167 e. The van der Waals surface area contributed by atoms with E-state index < -0.39 is 0 Å².